The minimum absolute atomic E-state index is 0.310. The van der Waals surface area contributed by atoms with Gasteiger partial charge in [0.25, 0.3) is 0 Å². The van der Waals surface area contributed by atoms with E-state index in [9.17, 15) is 9.59 Å². The number of carboxylic acids is 2. The first-order chi connectivity index (χ1) is 10.8. The van der Waals surface area contributed by atoms with Gasteiger partial charge in [0, 0.05) is 12.4 Å². The van der Waals surface area contributed by atoms with E-state index in [1.54, 1.807) is 0 Å². The number of nitrogens with zero attached hydrogens (tertiary/aromatic N) is 2. The molecule has 5 N–H and O–H groups in total. The van der Waals surface area contributed by atoms with Crippen molar-refractivity contribution in [3.8, 4) is 11.5 Å². The Balaban J connectivity index is 0.000000360. The van der Waals surface area contributed by atoms with Gasteiger partial charge in [-0.2, -0.15) is 0 Å². The van der Waals surface area contributed by atoms with Crippen molar-refractivity contribution in [2.75, 3.05) is 0 Å². The third-order valence-electron chi connectivity index (χ3n) is 1.98. The van der Waals surface area contributed by atoms with Crippen molar-refractivity contribution in [2.24, 2.45) is 0 Å². The predicted octanol–water partition coefficient (Wildman–Crippen LogP) is 0.0248. The summed E-state index contributed by atoms with van der Waals surface area (Å²) >= 11 is -1.75. The zero-order valence-electron chi connectivity index (χ0n) is 11.3. The summed E-state index contributed by atoms with van der Waals surface area (Å²) in [7, 11) is 0. The Hall–Kier alpha value is -2.82. The Morgan fingerprint density at radius 2 is 1.17 bits per heavy atom. The molecule has 10 nitrogen and oxygen atoms in total. The van der Waals surface area contributed by atoms with Gasteiger partial charge in [0.15, 0.2) is 11.4 Å². The molecule has 2 aromatic rings. The van der Waals surface area contributed by atoms with Crippen LogP contribution in [0.3, 0.4) is 0 Å². The number of rotatable bonds is 2. The van der Waals surface area contributed by atoms with E-state index in [2.05, 4.69) is 9.97 Å². The molecule has 0 fully saturated rings. The van der Waals surface area contributed by atoms with Crippen molar-refractivity contribution in [1.82, 2.24) is 9.97 Å². The SMILES string of the molecule is O=C(O)c1ncccc1O.O=C(O)c1ncccc1O.[O]=[VH][OH]. The first-order valence-corrected chi connectivity index (χ1v) is 6.94. The van der Waals surface area contributed by atoms with Crippen LogP contribution in [0.2, 0.25) is 0 Å². The van der Waals surface area contributed by atoms with Gasteiger partial charge in [-0.05, 0) is 24.3 Å². The average Bonchev–Trinajstić information content (AvgIpc) is 2.49. The molecule has 0 aliphatic rings. The van der Waals surface area contributed by atoms with Gasteiger partial charge >= 0.3 is 36.2 Å². The summed E-state index contributed by atoms with van der Waals surface area (Å²) in [5.41, 5.74) is -0.634. The van der Waals surface area contributed by atoms with Gasteiger partial charge in [-0.1, -0.05) is 0 Å². The van der Waals surface area contributed by atoms with Gasteiger partial charge in [-0.25, -0.2) is 19.6 Å². The molecule has 2 aromatic heterocycles. The van der Waals surface area contributed by atoms with E-state index in [1.165, 1.54) is 36.7 Å². The Morgan fingerprint density at radius 3 is 1.35 bits per heavy atom. The third kappa shape index (κ3) is 7.67. The Bertz CT molecular complexity index is 624. The van der Waals surface area contributed by atoms with Gasteiger partial charge in [-0.3, -0.25) is 0 Å². The molecule has 0 aliphatic carbocycles. The first-order valence-electron chi connectivity index (χ1n) is 5.60. The fourth-order valence-electron chi connectivity index (χ4n) is 1.12. The van der Waals surface area contributed by atoms with Crippen LogP contribution in [0.4, 0.5) is 0 Å². The van der Waals surface area contributed by atoms with Gasteiger partial charge in [0.05, 0.1) is 0 Å². The molecule has 0 amide bonds. The first kappa shape index (κ1) is 20.2. The molecule has 0 radical (unpaired) electrons. The van der Waals surface area contributed by atoms with E-state index in [0.717, 1.165) is 0 Å². The quantitative estimate of drug-likeness (QED) is 0.488. The maximum atomic E-state index is 10.2. The van der Waals surface area contributed by atoms with Gasteiger partial charge in [0.2, 0.25) is 0 Å². The molecular formula is C12H12N2O8V. The zero-order chi connectivity index (χ0) is 17.8. The summed E-state index contributed by atoms with van der Waals surface area (Å²) in [6.45, 7) is 0. The van der Waals surface area contributed by atoms with E-state index in [-0.39, 0.29) is 22.9 Å². The van der Waals surface area contributed by atoms with Crippen molar-refractivity contribution >= 4 is 11.9 Å². The van der Waals surface area contributed by atoms with Crippen LogP contribution in [0.5, 0.6) is 11.5 Å². The van der Waals surface area contributed by atoms with Crippen LogP contribution >= 0.6 is 0 Å². The maximum absolute atomic E-state index is 10.2. The van der Waals surface area contributed by atoms with E-state index in [4.69, 9.17) is 28.1 Å². The molecular weight excluding hydrogens is 351 g/mol. The number of carbonyl (C=O) groups is 2. The Labute approximate surface area is 136 Å². The molecule has 123 valence electrons. The van der Waals surface area contributed by atoms with Crippen LogP contribution in [-0.2, 0) is 20.3 Å². The van der Waals surface area contributed by atoms with Gasteiger partial charge in [0.1, 0.15) is 11.5 Å². The molecule has 0 saturated heterocycles. The molecule has 2 heterocycles. The Kier molecular flexibility index (Phi) is 9.52. The summed E-state index contributed by atoms with van der Waals surface area (Å²) in [5.74, 6) is -3.07. The van der Waals surface area contributed by atoms with Crippen LogP contribution in [-0.4, -0.2) is 46.4 Å². The topological polar surface area (TPSA) is 178 Å². The van der Waals surface area contributed by atoms with Crippen LogP contribution in [0, 0.1) is 0 Å². The van der Waals surface area contributed by atoms with Gasteiger partial charge < -0.3 is 20.4 Å². The second-order valence-electron chi connectivity index (χ2n) is 3.44. The summed E-state index contributed by atoms with van der Waals surface area (Å²) in [6.07, 6.45) is 2.62. The Morgan fingerprint density at radius 1 is 0.870 bits per heavy atom. The molecule has 23 heavy (non-hydrogen) atoms. The number of aromatic hydroxyl groups is 2. The predicted molar refractivity (Wildman–Crippen MR) is 70.0 cm³/mol. The standard InChI is InChI=1S/2C6H5NO3.H2O.O.V.H/c2*8-4-2-1-3-7-5(4)6(9)10;;;;/h2*1-3,8H,(H,9,10);1H2;;;/q;;;;+1;/p-1. The number of hydrogen-bond donors (Lipinski definition) is 5. The monoisotopic (exact) mass is 363 g/mol. The van der Waals surface area contributed by atoms with Crippen molar-refractivity contribution in [2.45, 2.75) is 0 Å². The average molecular weight is 363 g/mol. The fourth-order valence-corrected chi connectivity index (χ4v) is 1.12. The summed E-state index contributed by atoms with van der Waals surface area (Å²) in [4.78, 5) is 27.3. The van der Waals surface area contributed by atoms with Crippen molar-refractivity contribution in [3.63, 3.8) is 0 Å². The van der Waals surface area contributed by atoms with Crippen molar-refractivity contribution in [1.29, 1.82) is 0 Å². The van der Waals surface area contributed by atoms with E-state index >= 15 is 0 Å². The second-order valence-corrected chi connectivity index (χ2v) is 3.73. The molecule has 0 aliphatic heterocycles. The van der Waals surface area contributed by atoms with E-state index in [1.807, 2.05) is 0 Å². The molecule has 0 saturated carbocycles. The molecule has 11 heteroatoms. The molecule has 0 bridgehead atoms. The van der Waals surface area contributed by atoms with Crippen molar-refractivity contribution in [3.05, 3.63) is 48.0 Å². The van der Waals surface area contributed by atoms with E-state index in [0.29, 0.717) is 0 Å². The summed E-state index contributed by atoms with van der Waals surface area (Å²) in [5, 5.41) is 34.4. The molecule has 0 spiro atoms. The zero-order valence-corrected chi connectivity index (χ0v) is 12.9. The van der Waals surface area contributed by atoms with Crippen LogP contribution in [0.25, 0.3) is 0 Å². The second kappa shape index (κ2) is 10.8. The number of pyridine rings is 2. The van der Waals surface area contributed by atoms with Crippen molar-refractivity contribution < 1.29 is 54.3 Å². The third-order valence-corrected chi connectivity index (χ3v) is 1.98. The molecule has 2 rings (SSSR count). The number of aromatic nitrogens is 2. The van der Waals surface area contributed by atoms with Crippen LogP contribution in [0.15, 0.2) is 36.7 Å². The molecule has 0 atom stereocenters. The van der Waals surface area contributed by atoms with E-state index < -0.39 is 28.5 Å². The number of hydrogen-bond acceptors (Lipinski definition) is 7. The number of carboxylic acid groups (broad SMARTS) is 2. The summed E-state index contributed by atoms with van der Waals surface area (Å²) < 4.78 is 15.8. The normalized spacial score (nSPS) is 8.57. The fraction of sp³-hybridized carbons (Fsp3) is 0. The van der Waals surface area contributed by atoms with Crippen LogP contribution < -0.4 is 0 Å². The molecule has 0 unspecified atom stereocenters. The number of aromatic carboxylic acids is 2. The minimum atomic E-state index is -1.75. The van der Waals surface area contributed by atoms with Crippen LogP contribution in [0.1, 0.15) is 21.0 Å². The van der Waals surface area contributed by atoms with Gasteiger partial charge in [-0.15, -0.1) is 0 Å². The molecule has 0 aromatic carbocycles. The summed E-state index contributed by atoms with van der Waals surface area (Å²) in [6, 6.07) is 5.47.